The highest BCUT2D eigenvalue weighted by Crippen LogP contribution is 2.20. The van der Waals surface area contributed by atoms with Gasteiger partial charge in [0.15, 0.2) is 0 Å². The fourth-order valence-corrected chi connectivity index (χ4v) is 2.98. The number of hydrogen-bond acceptors (Lipinski definition) is 4. The molecule has 0 aliphatic heterocycles. The third kappa shape index (κ3) is 2.98. The summed E-state index contributed by atoms with van der Waals surface area (Å²) in [7, 11) is 0. The Bertz CT molecular complexity index is 712. The van der Waals surface area contributed by atoms with Crippen molar-refractivity contribution < 1.29 is 9.59 Å². The number of para-hydroxylation sites is 2. The summed E-state index contributed by atoms with van der Waals surface area (Å²) in [5, 5.41) is 0. The van der Waals surface area contributed by atoms with E-state index in [1.165, 1.54) is 6.92 Å². The molecule has 1 N–H and O–H groups in total. The highest BCUT2D eigenvalue weighted by Gasteiger charge is 2.31. The Balaban J connectivity index is 1.70. The van der Waals surface area contributed by atoms with Crippen molar-refractivity contribution in [2.24, 2.45) is 10.9 Å². The first kappa shape index (κ1) is 14.6. The minimum atomic E-state index is -0.607. The zero-order chi connectivity index (χ0) is 15.5. The molecule has 3 rings (SSSR count). The van der Waals surface area contributed by atoms with Crippen LogP contribution >= 0.6 is 0 Å². The minimum Gasteiger partial charge on any atom is -0.342 e. The molecule has 1 aromatic carbocycles. The van der Waals surface area contributed by atoms with Crippen molar-refractivity contribution >= 4 is 28.3 Å². The number of ketones is 2. The van der Waals surface area contributed by atoms with Crippen molar-refractivity contribution in [1.82, 2.24) is 9.97 Å². The van der Waals surface area contributed by atoms with E-state index in [-0.39, 0.29) is 11.6 Å². The van der Waals surface area contributed by atoms with Crippen LogP contribution in [0.15, 0.2) is 29.3 Å². The number of aromatic amines is 1. The molecule has 0 saturated heterocycles. The lowest BCUT2D eigenvalue weighted by Gasteiger charge is -2.20. The monoisotopic (exact) mass is 297 g/mol. The molecule has 0 bridgehead atoms. The van der Waals surface area contributed by atoms with E-state index >= 15 is 0 Å². The van der Waals surface area contributed by atoms with Crippen molar-refractivity contribution in [3.05, 3.63) is 30.1 Å². The van der Waals surface area contributed by atoms with Crippen LogP contribution < -0.4 is 0 Å². The maximum absolute atomic E-state index is 11.9. The predicted octanol–water partition coefficient (Wildman–Crippen LogP) is 2.50. The molecule has 5 heteroatoms. The Morgan fingerprint density at radius 3 is 2.95 bits per heavy atom. The molecule has 0 radical (unpaired) electrons. The standard InChI is InChI=1S/C17H19N3O2/c1-11(21)17-14(7-4-8-15(17)22)18-10-9-16-19-12-5-2-3-6-13(12)20-16/h2-3,5-6,17H,4,7-10H2,1H3,(H,19,20)/t17-/m0/s1. The predicted molar refractivity (Wildman–Crippen MR) is 85.1 cm³/mol. The summed E-state index contributed by atoms with van der Waals surface area (Å²) in [5.74, 6) is 0.199. The molecule has 0 amide bonds. The smallest absolute Gasteiger partial charge is 0.148 e. The van der Waals surface area contributed by atoms with Crippen molar-refractivity contribution in [3.63, 3.8) is 0 Å². The molecule has 5 nitrogen and oxygen atoms in total. The molecule has 1 aliphatic rings. The number of rotatable bonds is 4. The summed E-state index contributed by atoms with van der Waals surface area (Å²) < 4.78 is 0. The largest absolute Gasteiger partial charge is 0.342 e. The second-order valence-electron chi connectivity index (χ2n) is 5.69. The van der Waals surface area contributed by atoms with Crippen LogP contribution in [0.2, 0.25) is 0 Å². The average Bonchev–Trinajstić information content (AvgIpc) is 2.89. The van der Waals surface area contributed by atoms with Crippen LogP contribution in [0.1, 0.15) is 32.0 Å². The molecule has 1 atom stereocenters. The van der Waals surface area contributed by atoms with E-state index in [1.807, 2.05) is 24.3 Å². The van der Waals surface area contributed by atoms with Crippen molar-refractivity contribution in [1.29, 1.82) is 0 Å². The number of nitrogens with zero attached hydrogens (tertiary/aromatic N) is 2. The van der Waals surface area contributed by atoms with E-state index in [0.29, 0.717) is 19.4 Å². The summed E-state index contributed by atoms with van der Waals surface area (Å²) in [6, 6.07) is 7.88. The number of aromatic nitrogens is 2. The lowest BCUT2D eigenvalue weighted by Crippen LogP contribution is -2.34. The Hall–Kier alpha value is -2.30. The second-order valence-corrected chi connectivity index (χ2v) is 5.69. The second kappa shape index (κ2) is 6.22. The van der Waals surface area contributed by atoms with Gasteiger partial charge in [-0.3, -0.25) is 14.6 Å². The fourth-order valence-electron chi connectivity index (χ4n) is 2.98. The van der Waals surface area contributed by atoms with Gasteiger partial charge in [0.25, 0.3) is 0 Å². The first-order valence-electron chi connectivity index (χ1n) is 7.65. The van der Waals surface area contributed by atoms with E-state index < -0.39 is 5.92 Å². The van der Waals surface area contributed by atoms with Crippen LogP contribution in [0.4, 0.5) is 0 Å². The van der Waals surface area contributed by atoms with Gasteiger partial charge >= 0.3 is 0 Å². The molecular formula is C17H19N3O2. The van der Waals surface area contributed by atoms with Crippen LogP contribution in [0.5, 0.6) is 0 Å². The molecule has 1 heterocycles. The van der Waals surface area contributed by atoms with Crippen LogP contribution in [0.3, 0.4) is 0 Å². The Morgan fingerprint density at radius 1 is 1.36 bits per heavy atom. The van der Waals surface area contributed by atoms with Gasteiger partial charge in [-0.05, 0) is 31.9 Å². The Labute approximate surface area is 128 Å². The molecule has 0 spiro atoms. The number of fused-ring (bicyclic) bond motifs is 1. The minimum absolute atomic E-state index is 0.0150. The molecule has 114 valence electrons. The van der Waals surface area contributed by atoms with Gasteiger partial charge in [0.05, 0.1) is 11.0 Å². The van der Waals surface area contributed by atoms with E-state index in [1.54, 1.807) is 0 Å². The van der Waals surface area contributed by atoms with Gasteiger partial charge in [-0.1, -0.05) is 12.1 Å². The van der Waals surface area contributed by atoms with E-state index in [0.717, 1.165) is 35.4 Å². The van der Waals surface area contributed by atoms with E-state index in [4.69, 9.17) is 0 Å². The van der Waals surface area contributed by atoms with Crippen LogP contribution in [-0.4, -0.2) is 33.8 Å². The van der Waals surface area contributed by atoms with Crippen molar-refractivity contribution in [3.8, 4) is 0 Å². The molecule has 1 aromatic heterocycles. The summed E-state index contributed by atoms with van der Waals surface area (Å²) in [4.78, 5) is 35.8. The summed E-state index contributed by atoms with van der Waals surface area (Å²) in [5.41, 5.74) is 2.71. The number of benzene rings is 1. The first-order valence-corrected chi connectivity index (χ1v) is 7.65. The fraction of sp³-hybridized carbons (Fsp3) is 0.412. The maximum atomic E-state index is 11.9. The number of H-pyrrole nitrogens is 1. The number of imidazole rings is 1. The first-order chi connectivity index (χ1) is 10.6. The third-order valence-electron chi connectivity index (χ3n) is 4.02. The van der Waals surface area contributed by atoms with E-state index in [2.05, 4.69) is 15.0 Å². The highest BCUT2D eigenvalue weighted by atomic mass is 16.1. The Morgan fingerprint density at radius 2 is 2.18 bits per heavy atom. The maximum Gasteiger partial charge on any atom is 0.148 e. The van der Waals surface area contributed by atoms with Gasteiger partial charge in [-0.2, -0.15) is 0 Å². The number of Topliss-reactive ketones (excluding diaryl/α,β-unsaturated/α-hetero) is 2. The van der Waals surface area contributed by atoms with Crippen LogP contribution in [0.25, 0.3) is 11.0 Å². The molecule has 1 fully saturated rings. The molecule has 0 unspecified atom stereocenters. The SMILES string of the molecule is CC(=O)[C@@H]1C(=O)CCCC1=NCCc1nc2ccccc2[nH]1. The normalized spacial score (nSPS) is 20.7. The molecular weight excluding hydrogens is 278 g/mol. The highest BCUT2D eigenvalue weighted by molar-refractivity contribution is 6.21. The van der Waals surface area contributed by atoms with Gasteiger partial charge in [0.2, 0.25) is 0 Å². The van der Waals surface area contributed by atoms with Gasteiger partial charge < -0.3 is 4.98 Å². The molecule has 1 saturated carbocycles. The van der Waals surface area contributed by atoms with Gasteiger partial charge in [-0.25, -0.2) is 4.98 Å². The number of carbonyl (C=O) groups is 2. The average molecular weight is 297 g/mol. The number of hydrogen-bond donors (Lipinski definition) is 1. The van der Waals surface area contributed by atoms with Crippen molar-refractivity contribution in [2.75, 3.05) is 6.54 Å². The summed E-state index contributed by atoms with van der Waals surface area (Å²) in [6.07, 6.45) is 2.71. The van der Waals surface area contributed by atoms with Crippen LogP contribution in [0, 0.1) is 5.92 Å². The topological polar surface area (TPSA) is 75.2 Å². The van der Waals surface area contributed by atoms with Gasteiger partial charge in [0.1, 0.15) is 23.3 Å². The van der Waals surface area contributed by atoms with Gasteiger partial charge in [0, 0.05) is 25.1 Å². The lowest BCUT2D eigenvalue weighted by molar-refractivity contribution is -0.129. The zero-order valence-electron chi connectivity index (χ0n) is 12.6. The zero-order valence-corrected chi connectivity index (χ0v) is 12.6. The van der Waals surface area contributed by atoms with Crippen LogP contribution in [-0.2, 0) is 16.0 Å². The number of nitrogens with one attached hydrogen (secondary N) is 1. The quantitative estimate of drug-likeness (QED) is 0.881. The van der Waals surface area contributed by atoms with Crippen molar-refractivity contribution in [2.45, 2.75) is 32.6 Å². The third-order valence-corrected chi connectivity index (χ3v) is 4.02. The lowest BCUT2D eigenvalue weighted by atomic mass is 9.83. The summed E-state index contributed by atoms with van der Waals surface area (Å²) >= 11 is 0. The van der Waals surface area contributed by atoms with E-state index in [9.17, 15) is 9.59 Å². The van der Waals surface area contributed by atoms with Gasteiger partial charge in [-0.15, -0.1) is 0 Å². The number of carbonyl (C=O) groups excluding carboxylic acids is 2. The molecule has 22 heavy (non-hydrogen) atoms. The number of aliphatic imine (C=N–C) groups is 1. The summed E-state index contributed by atoms with van der Waals surface area (Å²) in [6.45, 7) is 2.02. The molecule has 1 aliphatic carbocycles. The Kier molecular flexibility index (Phi) is 4.13. The molecule has 2 aromatic rings.